The molecular formula is C17H10F7NO6S2. The van der Waals surface area contributed by atoms with Crippen LogP contribution in [0.1, 0.15) is 20.7 Å². The van der Waals surface area contributed by atoms with Crippen molar-refractivity contribution in [3.8, 4) is 0 Å². The predicted octanol–water partition coefficient (Wildman–Crippen LogP) is 3.57. The van der Waals surface area contributed by atoms with Gasteiger partial charge in [-0.2, -0.15) is 39.2 Å². The van der Waals surface area contributed by atoms with Crippen molar-refractivity contribution in [3.63, 3.8) is 0 Å². The summed E-state index contributed by atoms with van der Waals surface area (Å²) in [6, 6.07) is 6.32. The Hall–Kier alpha value is -2.43. The number of rotatable bonds is 7. The van der Waals surface area contributed by atoms with Crippen molar-refractivity contribution in [1.82, 2.24) is 5.06 Å². The molecule has 0 aliphatic carbocycles. The van der Waals surface area contributed by atoms with Gasteiger partial charge in [0.1, 0.15) is 0 Å². The Morgan fingerprint density at radius 1 is 0.970 bits per heavy atom. The van der Waals surface area contributed by atoms with E-state index in [9.17, 15) is 48.7 Å². The number of carbonyl (C=O) groups is 2. The number of aliphatic hydroxyl groups is 1. The van der Waals surface area contributed by atoms with Crippen LogP contribution in [0.15, 0.2) is 35.2 Å². The first kappa shape index (κ1) is 25.2. The standard InChI is InChI=1S/C17H10F7NO6S2/c18-15(19,16(20,21)22)17(23,24)33(29,30)31-25-13(27)10-3-1-2-8-6-9(32-5-4-26)7-11(12(8)10)14(25)28/h1-3,6-7,26H,4-5H2. The maximum absolute atomic E-state index is 13.8. The van der Waals surface area contributed by atoms with Gasteiger partial charge in [0.2, 0.25) is 0 Å². The SMILES string of the molecule is O=C1c2cccc3cc(SCCO)cc(c23)C(=O)N1OS(=O)(=O)C(F)(F)C(F)(F)C(F)(F)F. The van der Waals surface area contributed by atoms with Crippen LogP contribution in [-0.4, -0.2) is 60.1 Å². The quantitative estimate of drug-likeness (QED) is 0.338. The van der Waals surface area contributed by atoms with E-state index in [-0.39, 0.29) is 23.1 Å². The van der Waals surface area contributed by atoms with Crippen LogP contribution in [0.25, 0.3) is 10.8 Å². The molecule has 2 aromatic carbocycles. The number of alkyl halides is 7. The van der Waals surface area contributed by atoms with Gasteiger partial charge in [-0.15, -0.1) is 21.1 Å². The average Bonchev–Trinajstić information content (AvgIpc) is 2.72. The molecule has 0 unspecified atom stereocenters. The molecule has 180 valence electrons. The highest BCUT2D eigenvalue weighted by molar-refractivity contribution is 7.99. The Labute approximate surface area is 184 Å². The van der Waals surface area contributed by atoms with Crippen molar-refractivity contribution in [2.75, 3.05) is 12.4 Å². The molecule has 0 spiro atoms. The number of carbonyl (C=O) groups excluding carboxylic acids is 2. The highest BCUT2D eigenvalue weighted by Crippen LogP contribution is 2.50. The van der Waals surface area contributed by atoms with Crippen molar-refractivity contribution in [1.29, 1.82) is 0 Å². The molecule has 3 rings (SSSR count). The van der Waals surface area contributed by atoms with E-state index in [0.29, 0.717) is 4.90 Å². The Morgan fingerprint density at radius 3 is 2.15 bits per heavy atom. The Balaban J connectivity index is 2.09. The van der Waals surface area contributed by atoms with Crippen LogP contribution >= 0.6 is 11.8 Å². The maximum atomic E-state index is 13.8. The van der Waals surface area contributed by atoms with Crippen LogP contribution < -0.4 is 0 Å². The molecule has 0 bridgehead atoms. The van der Waals surface area contributed by atoms with Crippen LogP contribution in [0.2, 0.25) is 0 Å². The Bertz CT molecular complexity index is 1250. The lowest BCUT2D eigenvalue weighted by atomic mass is 9.95. The molecule has 2 aromatic rings. The van der Waals surface area contributed by atoms with Gasteiger partial charge >= 0.3 is 27.5 Å². The topological polar surface area (TPSA) is 101 Å². The summed E-state index contributed by atoms with van der Waals surface area (Å²) >= 11 is 1.01. The largest absolute Gasteiger partial charge is 0.461 e. The fraction of sp³-hybridized carbons (Fsp3) is 0.294. The lowest BCUT2D eigenvalue weighted by molar-refractivity contribution is -0.334. The molecule has 0 fully saturated rings. The zero-order valence-electron chi connectivity index (χ0n) is 15.7. The third-order valence-electron chi connectivity index (χ3n) is 4.35. The van der Waals surface area contributed by atoms with Crippen LogP contribution in [0, 0.1) is 0 Å². The molecule has 1 N–H and O–H groups in total. The fourth-order valence-electron chi connectivity index (χ4n) is 2.84. The first-order valence-corrected chi connectivity index (χ1v) is 10.9. The summed E-state index contributed by atoms with van der Waals surface area (Å²) in [5, 5.41) is 1.46. The number of nitrogens with zero attached hydrogens (tertiary/aromatic N) is 1. The second-order valence-electron chi connectivity index (χ2n) is 6.47. The van der Waals surface area contributed by atoms with E-state index in [0.717, 1.165) is 23.9 Å². The molecule has 33 heavy (non-hydrogen) atoms. The van der Waals surface area contributed by atoms with Gasteiger partial charge in [-0.25, -0.2) is 0 Å². The van der Waals surface area contributed by atoms with Crippen LogP contribution in [-0.2, 0) is 14.4 Å². The number of benzene rings is 2. The average molecular weight is 521 g/mol. The summed E-state index contributed by atoms with van der Waals surface area (Å²) in [7, 11) is -7.22. The number of hydrogen-bond acceptors (Lipinski definition) is 7. The van der Waals surface area contributed by atoms with Gasteiger partial charge in [-0.3, -0.25) is 9.59 Å². The Morgan fingerprint density at radius 2 is 1.58 bits per heavy atom. The summed E-state index contributed by atoms with van der Waals surface area (Å²) in [4.78, 5) is 25.5. The summed E-state index contributed by atoms with van der Waals surface area (Å²) in [5.41, 5.74) is -0.925. The molecule has 0 saturated carbocycles. The van der Waals surface area contributed by atoms with E-state index in [1.807, 2.05) is 0 Å². The molecule has 7 nitrogen and oxygen atoms in total. The maximum Gasteiger partial charge on any atom is 0.461 e. The number of halogens is 7. The van der Waals surface area contributed by atoms with E-state index in [1.54, 1.807) is 0 Å². The monoisotopic (exact) mass is 521 g/mol. The van der Waals surface area contributed by atoms with Gasteiger partial charge in [0.15, 0.2) is 0 Å². The second kappa shape index (κ2) is 8.11. The summed E-state index contributed by atoms with van der Waals surface area (Å²) < 4.78 is 118. The fourth-order valence-corrected chi connectivity index (χ4v) is 4.43. The van der Waals surface area contributed by atoms with Crippen LogP contribution in [0.4, 0.5) is 30.7 Å². The predicted molar refractivity (Wildman–Crippen MR) is 98.2 cm³/mol. The lowest BCUT2D eigenvalue weighted by Crippen LogP contribution is -2.58. The first-order chi connectivity index (χ1) is 15.1. The molecule has 0 saturated heterocycles. The van der Waals surface area contributed by atoms with Gasteiger partial charge in [-0.1, -0.05) is 12.1 Å². The number of imide groups is 1. The van der Waals surface area contributed by atoms with Gasteiger partial charge in [0.25, 0.3) is 11.8 Å². The van der Waals surface area contributed by atoms with Crippen molar-refractivity contribution in [3.05, 3.63) is 41.5 Å². The number of amides is 2. The lowest BCUT2D eigenvalue weighted by Gasteiger charge is -2.30. The summed E-state index contributed by atoms with van der Waals surface area (Å²) in [6.07, 6.45) is -7.00. The number of aliphatic hydroxyl groups excluding tert-OH is 1. The molecule has 0 atom stereocenters. The summed E-state index contributed by atoms with van der Waals surface area (Å²) in [6.45, 7) is -0.277. The van der Waals surface area contributed by atoms with Gasteiger partial charge in [-0.05, 0) is 23.6 Å². The zero-order valence-corrected chi connectivity index (χ0v) is 17.3. The van der Waals surface area contributed by atoms with Gasteiger partial charge in [0.05, 0.1) is 17.7 Å². The molecule has 1 aliphatic rings. The van der Waals surface area contributed by atoms with Gasteiger partial charge < -0.3 is 5.11 Å². The Kier molecular flexibility index (Phi) is 6.19. The highest BCUT2D eigenvalue weighted by atomic mass is 32.2. The van der Waals surface area contributed by atoms with Crippen molar-refractivity contribution in [2.45, 2.75) is 22.2 Å². The van der Waals surface area contributed by atoms with Gasteiger partial charge in [0, 0.05) is 16.0 Å². The van der Waals surface area contributed by atoms with Crippen LogP contribution in [0.5, 0.6) is 0 Å². The van der Waals surface area contributed by atoms with E-state index in [2.05, 4.69) is 4.28 Å². The zero-order chi connectivity index (χ0) is 25.0. The number of hydroxylamine groups is 2. The molecule has 0 aromatic heterocycles. The molecule has 16 heteroatoms. The minimum Gasteiger partial charge on any atom is -0.396 e. The molecule has 1 aliphatic heterocycles. The van der Waals surface area contributed by atoms with Crippen molar-refractivity contribution in [2.24, 2.45) is 0 Å². The second-order valence-corrected chi connectivity index (χ2v) is 9.21. The van der Waals surface area contributed by atoms with E-state index < -0.39 is 55.5 Å². The van der Waals surface area contributed by atoms with Crippen LogP contribution in [0.3, 0.4) is 0 Å². The van der Waals surface area contributed by atoms with Crippen molar-refractivity contribution < 1.29 is 58.1 Å². The molecule has 2 amide bonds. The van der Waals surface area contributed by atoms with Crippen molar-refractivity contribution >= 4 is 44.5 Å². The smallest absolute Gasteiger partial charge is 0.396 e. The number of thioether (sulfide) groups is 1. The van der Waals surface area contributed by atoms with E-state index in [4.69, 9.17) is 5.11 Å². The molecule has 0 radical (unpaired) electrons. The van der Waals surface area contributed by atoms with E-state index in [1.165, 1.54) is 18.2 Å². The minimum absolute atomic E-state index is 0.0505. The molecule has 1 heterocycles. The molecular weight excluding hydrogens is 511 g/mol. The first-order valence-electron chi connectivity index (χ1n) is 8.52. The third-order valence-corrected chi connectivity index (χ3v) is 6.53. The minimum atomic E-state index is -7.22. The highest BCUT2D eigenvalue weighted by Gasteiger charge is 2.80. The van der Waals surface area contributed by atoms with E-state index >= 15 is 0 Å². The normalized spacial score (nSPS) is 15.5. The third kappa shape index (κ3) is 3.94. The number of hydrogen-bond donors (Lipinski definition) is 1. The summed E-state index contributed by atoms with van der Waals surface area (Å²) in [5.74, 6) is -10.3.